The van der Waals surface area contributed by atoms with Gasteiger partial charge in [-0.05, 0) is 18.3 Å². The van der Waals surface area contributed by atoms with Gasteiger partial charge < -0.3 is 15.3 Å². The van der Waals surface area contributed by atoms with Crippen LogP contribution in [0.25, 0.3) is 0 Å². The number of carbonyl (C=O) groups excluding carboxylic acids is 1. The molecular formula is C12H24N2O2. The zero-order valence-electron chi connectivity index (χ0n) is 10.6. The number of amides is 1. The number of likely N-dealkylation sites (tertiary alicyclic amines) is 1. The van der Waals surface area contributed by atoms with Gasteiger partial charge >= 0.3 is 0 Å². The first-order valence-corrected chi connectivity index (χ1v) is 6.14. The highest BCUT2D eigenvalue weighted by Crippen LogP contribution is 2.23. The van der Waals surface area contributed by atoms with Crippen molar-refractivity contribution < 1.29 is 9.90 Å². The van der Waals surface area contributed by atoms with E-state index in [0.29, 0.717) is 24.4 Å². The van der Waals surface area contributed by atoms with Crippen LogP contribution in [0, 0.1) is 11.8 Å². The summed E-state index contributed by atoms with van der Waals surface area (Å²) in [4.78, 5) is 13.4. The second-order valence-electron chi connectivity index (χ2n) is 5.04. The standard InChI is InChI=1S/C12H24N2O2/c1-9(2)11-6-12(13-4-5-15)8-14(7-11)10(3)16/h9,11-13,15H,4-8H2,1-3H3. The van der Waals surface area contributed by atoms with Gasteiger partial charge in [0.05, 0.1) is 6.61 Å². The van der Waals surface area contributed by atoms with Crippen molar-refractivity contribution in [2.45, 2.75) is 33.2 Å². The van der Waals surface area contributed by atoms with Gasteiger partial charge in [-0.3, -0.25) is 4.79 Å². The molecule has 0 aromatic rings. The molecule has 4 heteroatoms. The number of aliphatic hydroxyl groups excluding tert-OH is 1. The van der Waals surface area contributed by atoms with Gasteiger partial charge in [-0.2, -0.15) is 0 Å². The van der Waals surface area contributed by atoms with Crippen molar-refractivity contribution >= 4 is 5.91 Å². The van der Waals surface area contributed by atoms with E-state index in [9.17, 15) is 4.79 Å². The molecule has 1 saturated heterocycles. The third kappa shape index (κ3) is 3.76. The Labute approximate surface area is 98.0 Å². The van der Waals surface area contributed by atoms with Gasteiger partial charge in [0.25, 0.3) is 0 Å². The van der Waals surface area contributed by atoms with E-state index < -0.39 is 0 Å². The molecule has 0 aromatic heterocycles. The molecule has 1 aliphatic heterocycles. The Kier molecular flexibility index (Phi) is 5.22. The van der Waals surface area contributed by atoms with Crippen LogP contribution in [0.2, 0.25) is 0 Å². The fraction of sp³-hybridized carbons (Fsp3) is 0.917. The van der Waals surface area contributed by atoms with Crippen molar-refractivity contribution in [2.24, 2.45) is 11.8 Å². The molecule has 2 N–H and O–H groups in total. The molecule has 2 unspecified atom stereocenters. The Morgan fingerprint density at radius 2 is 2.19 bits per heavy atom. The second kappa shape index (κ2) is 6.21. The van der Waals surface area contributed by atoms with Crippen LogP contribution in [0.3, 0.4) is 0 Å². The third-order valence-electron chi connectivity index (χ3n) is 3.42. The number of hydrogen-bond acceptors (Lipinski definition) is 3. The quantitative estimate of drug-likeness (QED) is 0.735. The van der Waals surface area contributed by atoms with Crippen molar-refractivity contribution in [2.75, 3.05) is 26.2 Å². The molecule has 1 fully saturated rings. The molecular weight excluding hydrogens is 204 g/mol. The average Bonchev–Trinajstić information content (AvgIpc) is 2.25. The van der Waals surface area contributed by atoms with Crippen molar-refractivity contribution in [1.82, 2.24) is 10.2 Å². The van der Waals surface area contributed by atoms with E-state index in [1.807, 2.05) is 4.90 Å². The number of carbonyl (C=O) groups is 1. The predicted octanol–water partition coefficient (Wildman–Crippen LogP) is 0.461. The number of nitrogens with zero attached hydrogens (tertiary/aromatic N) is 1. The minimum absolute atomic E-state index is 0.154. The molecule has 0 radical (unpaired) electrons. The largest absolute Gasteiger partial charge is 0.395 e. The Hall–Kier alpha value is -0.610. The number of aliphatic hydroxyl groups is 1. The lowest BCUT2D eigenvalue weighted by molar-refractivity contribution is -0.131. The summed E-state index contributed by atoms with van der Waals surface area (Å²) in [6.07, 6.45) is 1.10. The minimum atomic E-state index is 0.154. The van der Waals surface area contributed by atoms with Gasteiger partial charge in [0, 0.05) is 32.6 Å². The van der Waals surface area contributed by atoms with Crippen LogP contribution >= 0.6 is 0 Å². The van der Waals surface area contributed by atoms with Crippen LogP contribution in [-0.4, -0.2) is 48.2 Å². The van der Waals surface area contributed by atoms with Crippen molar-refractivity contribution in [1.29, 1.82) is 0 Å². The monoisotopic (exact) mass is 228 g/mol. The van der Waals surface area contributed by atoms with E-state index in [-0.39, 0.29) is 12.5 Å². The van der Waals surface area contributed by atoms with Crippen LogP contribution in [0.1, 0.15) is 27.2 Å². The SMILES string of the molecule is CC(=O)N1CC(NCCO)CC(C(C)C)C1. The zero-order valence-corrected chi connectivity index (χ0v) is 10.6. The van der Waals surface area contributed by atoms with E-state index in [4.69, 9.17) is 5.11 Å². The molecule has 1 rings (SSSR count). The van der Waals surface area contributed by atoms with E-state index in [2.05, 4.69) is 19.2 Å². The molecule has 0 aromatic carbocycles. The molecule has 0 saturated carbocycles. The van der Waals surface area contributed by atoms with Gasteiger partial charge in [0.1, 0.15) is 0 Å². The first kappa shape index (κ1) is 13.5. The van der Waals surface area contributed by atoms with Crippen molar-refractivity contribution in [3.63, 3.8) is 0 Å². The normalized spacial score (nSPS) is 26.2. The topological polar surface area (TPSA) is 52.6 Å². The minimum Gasteiger partial charge on any atom is -0.395 e. The van der Waals surface area contributed by atoms with Gasteiger partial charge in [-0.25, -0.2) is 0 Å². The highest BCUT2D eigenvalue weighted by atomic mass is 16.3. The van der Waals surface area contributed by atoms with Gasteiger partial charge in [-0.1, -0.05) is 13.8 Å². The van der Waals surface area contributed by atoms with Gasteiger partial charge in [0.15, 0.2) is 0 Å². The Balaban J connectivity index is 2.55. The van der Waals surface area contributed by atoms with Crippen molar-refractivity contribution in [3.8, 4) is 0 Å². The predicted molar refractivity (Wildman–Crippen MR) is 64.1 cm³/mol. The maximum absolute atomic E-state index is 11.4. The third-order valence-corrected chi connectivity index (χ3v) is 3.42. The van der Waals surface area contributed by atoms with E-state index in [1.54, 1.807) is 6.92 Å². The Morgan fingerprint density at radius 1 is 1.50 bits per heavy atom. The molecule has 16 heavy (non-hydrogen) atoms. The fourth-order valence-corrected chi connectivity index (χ4v) is 2.29. The Bertz CT molecular complexity index is 231. The summed E-state index contributed by atoms with van der Waals surface area (Å²) in [5, 5.41) is 12.1. The molecule has 0 spiro atoms. The van der Waals surface area contributed by atoms with E-state index in [1.165, 1.54) is 0 Å². The maximum atomic E-state index is 11.4. The van der Waals surface area contributed by atoms with Gasteiger partial charge in [-0.15, -0.1) is 0 Å². The number of rotatable bonds is 4. The summed E-state index contributed by atoms with van der Waals surface area (Å²) in [6.45, 7) is 8.47. The first-order valence-electron chi connectivity index (χ1n) is 6.14. The molecule has 2 atom stereocenters. The van der Waals surface area contributed by atoms with Crippen LogP contribution in [0.5, 0.6) is 0 Å². The summed E-state index contributed by atoms with van der Waals surface area (Å²) in [7, 11) is 0. The van der Waals surface area contributed by atoms with Crippen LogP contribution in [-0.2, 0) is 4.79 Å². The highest BCUT2D eigenvalue weighted by molar-refractivity contribution is 5.73. The van der Waals surface area contributed by atoms with Crippen molar-refractivity contribution in [3.05, 3.63) is 0 Å². The van der Waals surface area contributed by atoms with Crippen LogP contribution < -0.4 is 5.32 Å². The summed E-state index contributed by atoms with van der Waals surface area (Å²) < 4.78 is 0. The zero-order chi connectivity index (χ0) is 12.1. The highest BCUT2D eigenvalue weighted by Gasteiger charge is 2.29. The molecule has 94 valence electrons. The average molecular weight is 228 g/mol. The molecule has 0 bridgehead atoms. The molecule has 1 amide bonds. The lowest BCUT2D eigenvalue weighted by Gasteiger charge is -2.39. The number of nitrogens with one attached hydrogen (secondary N) is 1. The summed E-state index contributed by atoms with van der Waals surface area (Å²) in [5.41, 5.74) is 0. The van der Waals surface area contributed by atoms with Crippen LogP contribution in [0.4, 0.5) is 0 Å². The lowest BCUT2D eigenvalue weighted by atomic mass is 9.85. The summed E-state index contributed by atoms with van der Waals surface area (Å²) in [6, 6.07) is 0.331. The van der Waals surface area contributed by atoms with Crippen LogP contribution in [0.15, 0.2) is 0 Å². The lowest BCUT2D eigenvalue weighted by Crippen LogP contribution is -2.52. The maximum Gasteiger partial charge on any atom is 0.219 e. The number of hydrogen-bond donors (Lipinski definition) is 2. The fourth-order valence-electron chi connectivity index (χ4n) is 2.29. The summed E-state index contributed by atoms with van der Waals surface area (Å²) in [5.74, 6) is 1.32. The number of piperidine rings is 1. The van der Waals surface area contributed by atoms with E-state index in [0.717, 1.165) is 19.5 Å². The molecule has 0 aliphatic carbocycles. The summed E-state index contributed by atoms with van der Waals surface area (Å²) >= 11 is 0. The van der Waals surface area contributed by atoms with Gasteiger partial charge in [0.2, 0.25) is 5.91 Å². The molecule has 1 heterocycles. The Morgan fingerprint density at radius 3 is 2.69 bits per heavy atom. The molecule has 1 aliphatic rings. The molecule has 4 nitrogen and oxygen atoms in total. The second-order valence-corrected chi connectivity index (χ2v) is 5.04. The van der Waals surface area contributed by atoms with E-state index >= 15 is 0 Å². The smallest absolute Gasteiger partial charge is 0.219 e. The first-order chi connectivity index (χ1) is 7.54.